The van der Waals surface area contributed by atoms with Gasteiger partial charge in [0.1, 0.15) is 0 Å². The Bertz CT molecular complexity index is 445. The van der Waals surface area contributed by atoms with Gasteiger partial charge in [0.05, 0.1) is 6.04 Å². The largest absolute Gasteiger partial charge is 0.329 e. The van der Waals surface area contributed by atoms with E-state index in [1.165, 1.54) is 16.7 Å². The third kappa shape index (κ3) is 2.64. The van der Waals surface area contributed by atoms with Gasteiger partial charge in [0.15, 0.2) is 0 Å². The second-order valence-electron chi connectivity index (χ2n) is 4.91. The highest BCUT2D eigenvalue weighted by Crippen LogP contribution is 2.23. The Morgan fingerprint density at radius 3 is 2.89 bits per heavy atom. The van der Waals surface area contributed by atoms with E-state index in [1.54, 1.807) is 0 Å². The van der Waals surface area contributed by atoms with Crippen molar-refractivity contribution in [3.8, 4) is 0 Å². The van der Waals surface area contributed by atoms with Gasteiger partial charge < -0.3 is 15.5 Å². The lowest BCUT2D eigenvalue weighted by atomic mass is 10.00. The third-order valence-electron chi connectivity index (χ3n) is 3.42. The van der Waals surface area contributed by atoms with Crippen LogP contribution in [-0.2, 0) is 0 Å². The predicted octanol–water partition coefficient (Wildman–Crippen LogP) is 1.59. The van der Waals surface area contributed by atoms with E-state index < -0.39 is 0 Å². The van der Waals surface area contributed by atoms with Crippen molar-refractivity contribution >= 4 is 6.03 Å². The maximum atomic E-state index is 11.8. The molecule has 1 atom stereocenters. The molecular formula is C14H21N3O. The zero-order chi connectivity index (χ0) is 13.1. The second kappa shape index (κ2) is 5.40. The molecular weight excluding hydrogens is 226 g/mol. The lowest BCUT2D eigenvalue weighted by Gasteiger charge is -2.15. The first kappa shape index (κ1) is 12.9. The van der Waals surface area contributed by atoms with E-state index >= 15 is 0 Å². The Morgan fingerprint density at radius 2 is 2.22 bits per heavy atom. The molecule has 2 amide bonds. The third-order valence-corrected chi connectivity index (χ3v) is 3.42. The van der Waals surface area contributed by atoms with Crippen molar-refractivity contribution in [3.63, 3.8) is 0 Å². The summed E-state index contributed by atoms with van der Waals surface area (Å²) in [6.07, 6.45) is 0. The SMILES string of the molecule is CNCCN1CC(c2ccc(C)cc2C)NC1=O. The number of carbonyl (C=O) groups excluding carboxylic acids is 1. The van der Waals surface area contributed by atoms with E-state index in [4.69, 9.17) is 0 Å². The number of likely N-dealkylation sites (N-methyl/N-ethyl adjacent to an activating group) is 1. The molecule has 0 aliphatic carbocycles. The highest BCUT2D eigenvalue weighted by molar-refractivity contribution is 5.77. The van der Waals surface area contributed by atoms with Crippen molar-refractivity contribution in [3.05, 3.63) is 34.9 Å². The average molecular weight is 247 g/mol. The normalized spacial score (nSPS) is 19.2. The molecule has 1 aromatic carbocycles. The summed E-state index contributed by atoms with van der Waals surface area (Å²) >= 11 is 0. The number of urea groups is 1. The quantitative estimate of drug-likeness (QED) is 0.848. The van der Waals surface area contributed by atoms with Crippen LogP contribution in [-0.4, -0.2) is 37.6 Å². The van der Waals surface area contributed by atoms with Crippen LogP contribution >= 0.6 is 0 Å². The lowest BCUT2D eigenvalue weighted by Crippen LogP contribution is -2.33. The van der Waals surface area contributed by atoms with Gasteiger partial charge in [-0.2, -0.15) is 0 Å². The molecule has 1 heterocycles. The molecule has 0 saturated carbocycles. The first-order chi connectivity index (χ1) is 8.61. The maximum Gasteiger partial charge on any atom is 0.318 e. The number of amides is 2. The van der Waals surface area contributed by atoms with E-state index in [1.807, 2.05) is 11.9 Å². The van der Waals surface area contributed by atoms with E-state index in [0.29, 0.717) is 0 Å². The zero-order valence-corrected chi connectivity index (χ0v) is 11.3. The van der Waals surface area contributed by atoms with Crippen LogP contribution in [0.4, 0.5) is 4.79 Å². The van der Waals surface area contributed by atoms with Crippen molar-refractivity contribution in [2.75, 3.05) is 26.7 Å². The summed E-state index contributed by atoms with van der Waals surface area (Å²) in [6.45, 7) is 6.52. The average Bonchev–Trinajstić information content (AvgIpc) is 2.68. The topological polar surface area (TPSA) is 44.4 Å². The minimum absolute atomic E-state index is 0.0372. The van der Waals surface area contributed by atoms with Crippen molar-refractivity contribution in [2.45, 2.75) is 19.9 Å². The van der Waals surface area contributed by atoms with Gasteiger partial charge in [0.25, 0.3) is 0 Å². The van der Waals surface area contributed by atoms with Crippen LogP contribution < -0.4 is 10.6 Å². The van der Waals surface area contributed by atoms with Gasteiger partial charge in [0.2, 0.25) is 0 Å². The summed E-state index contributed by atoms with van der Waals surface area (Å²) in [5, 5.41) is 6.12. The van der Waals surface area contributed by atoms with E-state index in [2.05, 4.69) is 42.7 Å². The van der Waals surface area contributed by atoms with Crippen LogP contribution in [0.1, 0.15) is 22.7 Å². The van der Waals surface area contributed by atoms with Crippen LogP contribution in [0.25, 0.3) is 0 Å². The number of hydrogen-bond donors (Lipinski definition) is 2. The van der Waals surface area contributed by atoms with Crippen LogP contribution in [0.3, 0.4) is 0 Å². The molecule has 1 saturated heterocycles. The molecule has 1 aliphatic rings. The molecule has 2 rings (SSSR count). The Hall–Kier alpha value is -1.55. The van der Waals surface area contributed by atoms with Gasteiger partial charge in [-0.05, 0) is 32.0 Å². The molecule has 4 heteroatoms. The Kier molecular flexibility index (Phi) is 3.87. The molecule has 1 unspecified atom stereocenters. The number of nitrogens with zero attached hydrogens (tertiary/aromatic N) is 1. The van der Waals surface area contributed by atoms with Gasteiger partial charge in [-0.25, -0.2) is 4.79 Å². The standard InChI is InChI=1S/C14H21N3O/c1-10-4-5-12(11(2)8-10)13-9-17(7-6-15-3)14(18)16-13/h4-5,8,13,15H,6-7,9H2,1-3H3,(H,16,18). The molecule has 0 radical (unpaired) electrons. The van der Waals surface area contributed by atoms with E-state index in [9.17, 15) is 4.79 Å². The molecule has 0 bridgehead atoms. The number of hydrogen-bond acceptors (Lipinski definition) is 2. The molecule has 18 heavy (non-hydrogen) atoms. The van der Waals surface area contributed by atoms with Crippen molar-refractivity contribution in [1.29, 1.82) is 0 Å². The van der Waals surface area contributed by atoms with Crippen molar-refractivity contribution in [2.24, 2.45) is 0 Å². The molecule has 1 fully saturated rings. The summed E-state index contributed by atoms with van der Waals surface area (Å²) in [4.78, 5) is 13.7. The summed E-state index contributed by atoms with van der Waals surface area (Å²) in [5.74, 6) is 0. The van der Waals surface area contributed by atoms with Crippen LogP contribution in [0.5, 0.6) is 0 Å². The number of nitrogens with one attached hydrogen (secondary N) is 2. The number of aryl methyl sites for hydroxylation is 2. The fourth-order valence-corrected chi connectivity index (χ4v) is 2.42. The molecule has 98 valence electrons. The molecule has 1 aromatic rings. The summed E-state index contributed by atoms with van der Waals surface area (Å²) in [7, 11) is 1.90. The molecule has 0 aromatic heterocycles. The van der Waals surface area contributed by atoms with Gasteiger partial charge >= 0.3 is 6.03 Å². The molecule has 4 nitrogen and oxygen atoms in total. The zero-order valence-electron chi connectivity index (χ0n) is 11.3. The Labute approximate surface area is 108 Å². The van der Waals surface area contributed by atoms with Gasteiger partial charge in [-0.1, -0.05) is 23.8 Å². The van der Waals surface area contributed by atoms with E-state index in [0.717, 1.165) is 19.6 Å². The first-order valence-electron chi connectivity index (χ1n) is 6.39. The van der Waals surface area contributed by atoms with Crippen molar-refractivity contribution in [1.82, 2.24) is 15.5 Å². The molecule has 2 N–H and O–H groups in total. The number of rotatable bonds is 4. The fourth-order valence-electron chi connectivity index (χ4n) is 2.42. The van der Waals surface area contributed by atoms with Gasteiger partial charge in [-0.15, -0.1) is 0 Å². The van der Waals surface area contributed by atoms with Gasteiger partial charge in [-0.3, -0.25) is 0 Å². The molecule has 0 spiro atoms. The summed E-state index contributed by atoms with van der Waals surface area (Å²) in [5.41, 5.74) is 3.73. The van der Waals surface area contributed by atoms with Crippen LogP contribution in [0.15, 0.2) is 18.2 Å². The molecule has 1 aliphatic heterocycles. The summed E-state index contributed by atoms with van der Waals surface area (Å²) < 4.78 is 0. The summed E-state index contributed by atoms with van der Waals surface area (Å²) in [6, 6.07) is 6.55. The lowest BCUT2D eigenvalue weighted by molar-refractivity contribution is 0.218. The monoisotopic (exact) mass is 247 g/mol. The maximum absolute atomic E-state index is 11.8. The fraction of sp³-hybridized carbons (Fsp3) is 0.500. The Balaban J connectivity index is 2.09. The van der Waals surface area contributed by atoms with Crippen molar-refractivity contribution < 1.29 is 4.79 Å². The van der Waals surface area contributed by atoms with Gasteiger partial charge in [0, 0.05) is 19.6 Å². The number of benzene rings is 1. The van der Waals surface area contributed by atoms with Crippen LogP contribution in [0.2, 0.25) is 0 Å². The highest BCUT2D eigenvalue weighted by atomic mass is 16.2. The minimum Gasteiger partial charge on any atom is -0.329 e. The van der Waals surface area contributed by atoms with Crippen LogP contribution in [0, 0.1) is 13.8 Å². The van der Waals surface area contributed by atoms with E-state index in [-0.39, 0.29) is 12.1 Å². The first-order valence-corrected chi connectivity index (χ1v) is 6.39. The predicted molar refractivity (Wildman–Crippen MR) is 72.7 cm³/mol. The minimum atomic E-state index is 0.0372. The smallest absolute Gasteiger partial charge is 0.318 e. The highest BCUT2D eigenvalue weighted by Gasteiger charge is 2.29. The second-order valence-corrected chi connectivity index (χ2v) is 4.91. The Morgan fingerprint density at radius 1 is 1.44 bits per heavy atom. The number of carbonyl (C=O) groups is 1.